The summed E-state index contributed by atoms with van der Waals surface area (Å²) in [6.07, 6.45) is 3.52. The molecule has 0 aliphatic carbocycles. The van der Waals surface area contributed by atoms with E-state index < -0.39 is 15.6 Å². The maximum atomic E-state index is 12.5. The summed E-state index contributed by atoms with van der Waals surface area (Å²) in [6.45, 7) is 8.23. The molecule has 0 radical (unpaired) electrons. The third-order valence-electron chi connectivity index (χ3n) is 3.40. The Hall–Kier alpha value is -1.25. The number of rotatable bonds is 6. The topological polar surface area (TPSA) is 76.9 Å². The number of aromatic nitrogens is 3. The van der Waals surface area contributed by atoms with Crippen LogP contribution in [0, 0.1) is 6.92 Å². The van der Waals surface area contributed by atoms with E-state index in [9.17, 15) is 8.42 Å². The van der Waals surface area contributed by atoms with Crippen molar-refractivity contribution in [3.63, 3.8) is 0 Å². The first-order valence-electron chi connectivity index (χ1n) is 6.80. The molecular formula is C13H20N4O2S2. The standard InChI is InChI=1S/C13H20N4O2S2/c1-5-13(4,12-15-10(3)9-20-12)16-21(18,19)11-7-14-17(6-2)8-11/h7-9,16H,5-6H2,1-4H3/t13-/m0/s1. The van der Waals surface area contributed by atoms with E-state index in [1.165, 1.54) is 23.7 Å². The highest BCUT2D eigenvalue weighted by Crippen LogP contribution is 2.29. The number of hydrogen-bond donors (Lipinski definition) is 1. The van der Waals surface area contributed by atoms with Crippen LogP contribution in [0.15, 0.2) is 22.7 Å². The molecule has 0 bridgehead atoms. The van der Waals surface area contributed by atoms with Gasteiger partial charge in [0.05, 0.1) is 11.7 Å². The highest BCUT2D eigenvalue weighted by Gasteiger charge is 2.34. The summed E-state index contributed by atoms with van der Waals surface area (Å²) in [5.74, 6) is 0. The summed E-state index contributed by atoms with van der Waals surface area (Å²) in [4.78, 5) is 4.60. The number of nitrogens with zero attached hydrogens (tertiary/aromatic N) is 3. The van der Waals surface area contributed by atoms with E-state index in [1.54, 1.807) is 4.68 Å². The molecule has 0 spiro atoms. The van der Waals surface area contributed by atoms with Crippen LogP contribution in [-0.2, 0) is 22.1 Å². The average molecular weight is 328 g/mol. The fourth-order valence-corrected chi connectivity index (χ4v) is 4.34. The minimum Gasteiger partial charge on any atom is -0.272 e. The molecule has 1 N–H and O–H groups in total. The molecular weight excluding hydrogens is 308 g/mol. The number of hydrogen-bond acceptors (Lipinski definition) is 5. The average Bonchev–Trinajstić information content (AvgIpc) is 3.07. The second kappa shape index (κ2) is 5.86. The van der Waals surface area contributed by atoms with Crippen LogP contribution in [0.3, 0.4) is 0 Å². The molecule has 6 nitrogen and oxygen atoms in total. The van der Waals surface area contributed by atoms with E-state index in [0.29, 0.717) is 13.0 Å². The molecule has 21 heavy (non-hydrogen) atoms. The lowest BCUT2D eigenvalue weighted by atomic mass is 10.0. The maximum absolute atomic E-state index is 12.5. The molecule has 0 aliphatic heterocycles. The summed E-state index contributed by atoms with van der Waals surface area (Å²) < 4.78 is 29.4. The highest BCUT2D eigenvalue weighted by molar-refractivity contribution is 7.89. The van der Waals surface area contributed by atoms with E-state index in [0.717, 1.165) is 10.7 Å². The summed E-state index contributed by atoms with van der Waals surface area (Å²) in [5, 5.41) is 6.71. The van der Waals surface area contributed by atoms with Crippen molar-refractivity contribution in [1.82, 2.24) is 19.5 Å². The molecule has 0 fully saturated rings. The highest BCUT2D eigenvalue weighted by atomic mass is 32.2. The van der Waals surface area contributed by atoms with Crippen molar-refractivity contribution in [2.24, 2.45) is 0 Å². The van der Waals surface area contributed by atoms with Crippen molar-refractivity contribution in [2.45, 2.75) is 51.1 Å². The second-order valence-electron chi connectivity index (χ2n) is 5.12. The van der Waals surface area contributed by atoms with Crippen LogP contribution < -0.4 is 4.72 Å². The molecule has 0 unspecified atom stereocenters. The minimum atomic E-state index is -3.62. The predicted molar refractivity (Wildman–Crippen MR) is 82.7 cm³/mol. The van der Waals surface area contributed by atoms with Crippen LogP contribution in [0.1, 0.15) is 37.9 Å². The molecule has 2 heterocycles. The number of sulfonamides is 1. The van der Waals surface area contributed by atoms with Crippen molar-refractivity contribution >= 4 is 21.4 Å². The number of aryl methyl sites for hydroxylation is 2. The van der Waals surface area contributed by atoms with Crippen LogP contribution in [0.5, 0.6) is 0 Å². The summed E-state index contributed by atoms with van der Waals surface area (Å²) in [6, 6.07) is 0. The third kappa shape index (κ3) is 3.33. The molecule has 2 aromatic heterocycles. The van der Waals surface area contributed by atoms with Gasteiger partial charge in [0, 0.05) is 23.8 Å². The zero-order chi connectivity index (χ0) is 15.7. The number of nitrogens with one attached hydrogen (secondary N) is 1. The van der Waals surface area contributed by atoms with Gasteiger partial charge in [-0.1, -0.05) is 6.92 Å². The van der Waals surface area contributed by atoms with E-state index in [4.69, 9.17) is 0 Å². The minimum absolute atomic E-state index is 0.178. The Morgan fingerprint density at radius 1 is 1.43 bits per heavy atom. The van der Waals surface area contributed by atoms with Gasteiger partial charge in [0.1, 0.15) is 9.90 Å². The Kier molecular flexibility index (Phi) is 4.50. The Labute approximate surface area is 129 Å². The molecule has 2 rings (SSSR count). The zero-order valence-corrected chi connectivity index (χ0v) is 14.3. The third-order valence-corrected chi connectivity index (χ3v) is 6.18. The number of thiazole rings is 1. The van der Waals surface area contributed by atoms with Gasteiger partial charge in [0.25, 0.3) is 0 Å². The second-order valence-corrected chi connectivity index (χ2v) is 7.66. The molecule has 8 heteroatoms. The quantitative estimate of drug-likeness (QED) is 0.882. The molecule has 0 saturated heterocycles. The maximum Gasteiger partial charge on any atom is 0.244 e. The SMILES string of the molecule is CCn1cc(S(=O)(=O)N[C@@](C)(CC)c2nc(C)cs2)cn1. The molecule has 0 saturated carbocycles. The Balaban J connectivity index is 2.32. The van der Waals surface area contributed by atoms with Gasteiger partial charge in [-0.3, -0.25) is 4.68 Å². The van der Waals surface area contributed by atoms with Gasteiger partial charge >= 0.3 is 0 Å². The van der Waals surface area contributed by atoms with Gasteiger partial charge in [-0.15, -0.1) is 11.3 Å². The Morgan fingerprint density at radius 2 is 2.14 bits per heavy atom. The van der Waals surface area contributed by atoms with E-state index in [2.05, 4.69) is 14.8 Å². The molecule has 1 atom stereocenters. The molecule has 0 amide bonds. The van der Waals surface area contributed by atoms with Crippen LogP contribution in [0.2, 0.25) is 0 Å². The van der Waals surface area contributed by atoms with Crippen molar-refractivity contribution in [3.05, 3.63) is 28.5 Å². The van der Waals surface area contributed by atoms with Crippen molar-refractivity contribution < 1.29 is 8.42 Å². The van der Waals surface area contributed by atoms with E-state index in [1.807, 2.05) is 33.1 Å². The van der Waals surface area contributed by atoms with E-state index in [-0.39, 0.29) is 4.90 Å². The summed E-state index contributed by atoms with van der Waals surface area (Å²) in [7, 11) is -3.62. The van der Waals surface area contributed by atoms with Crippen LogP contribution >= 0.6 is 11.3 Å². The van der Waals surface area contributed by atoms with Gasteiger partial charge in [-0.05, 0) is 27.2 Å². The first kappa shape index (κ1) is 16.1. The molecule has 2 aromatic rings. The van der Waals surface area contributed by atoms with Crippen molar-refractivity contribution in [1.29, 1.82) is 0 Å². The van der Waals surface area contributed by atoms with Crippen molar-refractivity contribution in [3.8, 4) is 0 Å². The van der Waals surface area contributed by atoms with Gasteiger partial charge < -0.3 is 0 Å². The summed E-state index contributed by atoms with van der Waals surface area (Å²) >= 11 is 1.47. The lowest BCUT2D eigenvalue weighted by Gasteiger charge is -2.26. The lowest BCUT2D eigenvalue weighted by molar-refractivity contribution is 0.414. The smallest absolute Gasteiger partial charge is 0.244 e. The first-order valence-corrected chi connectivity index (χ1v) is 9.16. The van der Waals surface area contributed by atoms with Gasteiger partial charge in [-0.2, -0.15) is 9.82 Å². The molecule has 116 valence electrons. The monoisotopic (exact) mass is 328 g/mol. The fraction of sp³-hybridized carbons (Fsp3) is 0.538. The Morgan fingerprint density at radius 3 is 2.62 bits per heavy atom. The molecule has 0 aromatic carbocycles. The van der Waals surface area contributed by atoms with Gasteiger partial charge in [0.15, 0.2) is 0 Å². The molecule has 0 aliphatic rings. The first-order chi connectivity index (χ1) is 9.80. The normalized spacial score (nSPS) is 15.0. The lowest BCUT2D eigenvalue weighted by Crippen LogP contribution is -2.42. The van der Waals surface area contributed by atoms with Crippen LogP contribution in [0.4, 0.5) is 0 Å². The van der Waals surface area contributed by atoms with Gasteiger partial charge in [-0.25, -0.2) is 13.4 Å². The fourth-order valence-electron chi connectivity index (χ4n) is 1.89. The Bertz CT molecular complexity index is 720. The predicted octanol–water partition coefficient (Wildman–Crippen LogP) is 2.27. The largest absolute Gasteiger partial charge is 0.272 e. The van der Waals surface area contributed by atoms with Crippen molar-refractivity contribution in [2.75, 3.05) is 0 Å². The van der Waals surface area contributed by atoms with E-state index >= 15 is 0 Å². The zero-order valence-electron chi connectivity index (χ0n) is 12.6. The van der Waals surface area contributed by atoms with Crippen LogP contribution in [-0.4, -0.2) is 23.2 Å². The van der Waals surface area contributed by atoms with Gasteiger partial charge in [0.2, 0.25) is 10.0 Å². The van der Waals surface area contributed by atoms with Crippen LogP contribution in [0.25, 0.3) is 0 Å². The summed E-state index contributed by atoms with van der Waals surface area (Å²) in [5.41, 5.74) is 0.180.